The molecule has 0 atom stereocenters. The van der Waals surface area contributed by atoms with Crippen molar-refractivity contribution >= 4 is 11.9 Å². The Bertz CT molecular complexity index is 772. The van der Waals surface area contributed by atoms with Crippen molar-refractivity contribution < 1.29 is 14.3 Å². The fourth-order valence-corrected chi connectivity index (χ4v) is 2.83. The van der Waals surface area contributed by atoms with Gasteiger partial charge in [0.2, 0.25) is 5.78 Å². The first-order valence-corrected chi connectivity index (χ1v) is 8.95. The van der Waals surface area contributed by atoms with E-state index in [4.69, 9.17) is 9.47 Å². The minimum Gasteiger partial charge on any atom is -0.494 e. The van der Waals surface area contributed by atoms with Crippen LogP contribution in [0.3, 0.4) is 0 Å². The number of aryl methyl sites for hydroxylation is 1. The minimum atomic E-state index is -0.0602. The van der Waals surface area contributed by atoms with Crippen molar-refractivity contribution in [2.75, 3.05) is 6.61 Å². The Kier molecular flexibility index (Phi) is 5.54. The number of unbranched alkanes of at least 4 members (excludes halogenated alkanes) is 3. The van der Waals surface area contributed by atoms with E-state index >= 15 is 0 Å². The van der Waals surface area contributed by atoms with Gasteiger partial charge in [0.05, 0.1) is 12.2 Å². The van der Waals surface area contributed by atoms with E-state index in [0.717, 1.165) is 29.9 Å². The summed E-state index contributed by atoms with van der Waals surface area (Å²) in [6.07, 6.45) is 6.56. The van der Waals surface area contributed by atoms with Crippen LogP contribution in [0.15, 0.2) is 48.2 Å². The number of Topliss-reactive ketones (excluding diaryl/α,β-unsaturated/α-hetero) is 1. The molecule has 0 unspecified atom stereocenters. The lowest BCUT2D eigenvalue weighted by Crippen LogP contribution is -1.99. The summed E-state index contributed by atoms with van der Waals surface area (Å²) >= 11 is 0. The number of benzene rings is 2. The third-order valence-electron chi connectivity index (χ3n) is 4.27. The lowest BCUT2D eigenvalue weighted by atomic mass is 10.1. The first kappa shape index (κ1) is 17.3. The molecule has 0 saturated carbocycles. The summed E-state index contributed by atoms with van der Waals surface area (Å²) in [7, 11) is 0. The van der Waals surface area contributed by atoms with Gasteiger partial charge in [-0.1, -0.05) is 49.9 Å². The van der Waals surface area contributed by atoms with Gasteiger partial charge in [0, 0.05) is 0 Å². The maximum atomic E-state index is 12.4. The number of allylic oxidation sites excluding steroid dienone is 1. The van der Waals surface area contributed by atoms with Gasteiger partial charge in [0.25, 0.3) is 0 Å². The second kappa shape index (κ2) is 8.02. The highest BCUT2D eigenvalue weighted by Crippen LogP contribution is 2.32. The van der Waals surface area contributed by atoms with Crippen LogP contribution in [-0.4, -0.2) is 12.4 Å². The molecule has 0 spiro atoms. The van der Waals surface area contributed by atoms with E-state index in [1.54, 1.807) is 6.08 Å². The van der Waals surface area contributed by atoms with Crippen molar-refractivity contribution in [3.8, 4) is 11.5 Å². The maximum absolute atomic E-state index is 12.4. The van der Waals surface area contributed by atoms with E-state index in [0.29, 0.717) is 17.1 Å². The standard InChI is InChI=1S/C22H24O3/c1-3-4-5-6-13-24-18-10-8-17(9-11-18)15-21-22(23)19-14-16(2)7-12-20(19)25-21/h7-12,14-15H,3-6,13H2,1-2H3/b21-15-. The van der Waals surface area contributed by atoms with Crippen LogP contribution < -0.4 is 9.47 Å². The first-order valence-electron chi connectivity index (χ1n) is 8.95. The van der Waals surface area contributed by atoms with Gasteiger partial charge in [-0.3, -0.25) is 4.79 Å². The van der Waals surface area contributed by atoms with Crippen molar-refractivity contribution in [1.82, 2.24) is 0 Å². The second-order valence-corrected chi connectivity index (χ2v) is 6.42. The Hall–Kier alpha value is -2.55. The number of rotatable bonds is 7. The van der Waals surface area contributed by atoms with Crippen LogP contribution >= 0.6 is 0 Å². The van der Waals surface area contributed by atoms with Gasteiger partial charge >= 0.3 is 0 Å². The largest absolute Gasteiger partial charge is 0.494 e. The third-order valence-corrected chi connectivity index (χ3v) is 4.27. The SMILES string of the molecule is CCCCCCOc1ccc(/C=C2\Oc3ccc(C)cc3C2=O)cc1. The van der Waals surface area contributed by atoms with Crippen molar-refractivity contribution in [2.24, 2.45) is 0 Å². The second-order valence-electron chi connectivity index (χ2n) is 6.42. The number of ether oxygens (including phenoxy) is 2. The predicted molar refractivity (Wildman–Crippen MR) is 100 cm³/mol. The van der Waals surface area contributed by atoms with E-state index in [1.165, 1.54) is 19.3 Å². The highest BCUT2D eigenvalue weighted by molar-refractivity contribution is 6.14. The van der Waals surface area contributed by atoms with Gasteiger partial charge in [-0.05, 0) is 49.2 Å². The molecule has 0 N–H and O–H groups in total. The monoisotopic (exact) mass is 336 g/mol. The first-order chi connectivity index (χ1) is 12.2. The molecule has 0 saturated heterocycles. The molecule has 2 aromatic carbocycles. The van der Waals surface area contributed by atoms with Crippen LogP contribution in [0.25, 0.3) is 6.08 Å². The van der Waals surface area contributed by atoms with Crippen molar-refractivity contribution in [3.63, 3.8) is 0 Å². The number of hydrogen-bond donors (Lipinski definition) is 0. The third kappa shape index (κ3) is 4.30. The van der Waals surface area contributed by atoms with Gasteiger partial charge in [-0.25, -0.2) is 0 Å². The summed E-state index contributed by atoms with van der Waals surface area (Å²) < 4.78 is 11.4. The molecule has 0 bridgehead atoms. The molecule has 25 heavy (non-hydrogen) atoms. The minimum absolute atomic E-state index is 0.0602. The van der Waals surface area contributed by atoms with E-state index in [-0.39, 0.29) is 5.78 Å². The molecule has 1 heterocycles. The Morgan fingerprint density at radius 1 is 1.04 bits per heavy atom. The van der Waals surface area contributed by atoms with Crippen LogP contribution in [0.1, 0.15) is 54.1 Å². The van der Waals surface area contributed by atoms with E-state index in [9.17, 15) is 4.79 Å². The predicted octanol–water partition coefficient (Wildman–Crippen LogP) is 5.57. The van der Waals surface area contributed by atoms with Crippen LogP contribution in [-0.2, 0) is 0 Å². The highest BCUT2D eigenvalue weighted by atomic mass is 16.5. The summed E-state index contributed by atoms with van der Waals surface area (Å²) in [6.45, 7) is 4.92. The summed E-state index contributed by atoms with van der Waals surface area (Å²) in [5.74, 6) is 1.80. The molecule has 3 rings (SSSR count). The molecule has 1 aliphatic heterocycles. The summed E-state index contributed by atoms with van der Waals surface area (Å²) in [4.78, 5) is 12.4. The molecular formula is C22H24O3. The summed E-state index contributed by atoms with van der Waals surface area (Å²) in [6, 6.07) is 13.4. The number of hydrogen-bond acceptors (Lipinski definition) is 3. The Morgan fingerprint density at radius 2 is 1.84 bits per heavy atom. The Balaban J connectivity index is 1.62. The zero-order valence-electron chi connectivity index (χ0n) is 14.9. The lowest BCUT2D eigenvalue weighted by molar-refractivity contribution is 0.101. The van der Waals surface area contributed by atoms with Crippen LogP contribution in [0.5, 0.6) is 11.5 Å². The van der Waals surface area contributed by atoms with Crippen LogP contribution in [0.4, 0.5) is 0 Å². The number of fused-ring (bicyclic) bond motifs is 1. The van der Waals surface area contributed by atoms with Crippen molar-refractivity contribution in [3.05, 3.63) is 64.9 Å². The molecule has 1 aliphatic rings. The van der Waals surface area contributed by atoms with Crippen molar-refractivity contribution in [1.29, 1.82) is 0 Å². The molecule has 0 amide bonds. The fraction of sp³-hybridized carbons (Fsp3) is 0.318. The van der Waals surface area contributed by atoms with Gasteiger partial charge in [0.1, 0.15) is 11.5 Å². The summed E-state index contributed by atoms with van der Waals surface area (Å²) in [5, 5.41) is 0. The molecule has 0 aromatic heterocycles. The Morgan fingerprint density at radius 3 is 2.60 bits per heavy atom. The molecular weight excluding hydrogens is 312 g/mol. The number of ketones is 1. The fourth-order valence-electron chi connectivity index (χ4n) is 2.83. The normalized spacial score (nSPS) is 14.5. The van der Waals surface area contributed by atoms with Crippen LogP contribution in [0, 0.1) is 6.92 Å². The molecule has 0 fully saturated rings. The maximum Gasteiger partial charge on any atom is 0.231 e. The number of carbonyl (C=O) groups excluding carboxylic acids is 1. The molecule has 130 valence electrons. The average Bonchev–Trinajstić information content (AvgIpc) is 2.92. The van der Waals surface area contributed by atoms with Gasteiger partial charge in [0.15, 0.2) is 5.76 Å². The average molecular weight is 336 g/mol. The van der Waals surface area contributed by atoms with Crippen molar-refractivity contribution in [2.45, 2.75) is 39.5 Å². The van der Waals surface area contributed by atoms with E-state index < -0.39 is 0 Å². The van der Waals surface area contributed by atoms with E-state index in [1.807, 2.05) is 49.4 Å². The van der Waals surface area contributed by atoms with Crippen LogP contribution in [0.2, 0.25) is 0 Å². The summed E-state index contributed by atoms with van der Waals surface area (Å²) in [5.41, 5.74) is 2.61. The van der Waals surface area contributed by atoms with Gasteiger partial charge in [-0.2, -0.15) is 0 Å². The van der Waals surface area contributed by atoms with Gasteiger partial charge in [-0.15, -0.1) is 0 Å². The van der Waals surface area contributed by atoms with Gasteiger partial charge < -0.3 is 9.47 Å². The highest BCUT2D eigenvalue weighted by Gasteiger charge is 2.27. The lowest BCUT2D eigenvalue weighted by Gasteiger charge is -2.06. The smallest absolute Gasteiger partial charge is 0.231 e. The zero-order chi connectivity index (χ0) is 17.6. The topological polar surface area (TPSA) is 35.5 Å². The zero-order valence-corrected chi connectivity index (χ0v) is 14.9. The quantitative estimate of drug-likeness (QED) is 0.490. The molecule has 3 heteroatoms. The Labute approximate surface area is 149 Å². The molecule has 3 nitrogen and oxygen atoms in total. The molecule has 2 aromatic rings. The molecule has 0 radical (unpaired) electrons. The number of carbonyl (C=O) groups is 1. The van der Waals surface area contributed by atoms with E-state index in [2.05, 4.69) is 6.92 Å². The molecule has 0 aliphatic carbocycles.